The van der Waals surface area contributed by atoms with E-state index in [1.165, 1.54) is 0 Å². The van der Waals surface area contributed by atoms with Crippen molar-refractivity contribution in [2.45, 2.75) is 19.6 Å². The molecular weight excluding hydrogens is 280 g/mol. The molecule has 1 fully saturated rings. The topological polar surface area (TPSA) is 58.9 Å². The average molecular weight is 300 g/mol. The Morgan fingerprint density at radius 3 is 1.45 bits per heavy atom. The van der Waals surface area contributed by atoms with E-state index in [0.29, 0.717) is 13.2 Å². The van der Waals surface area contributed by atoms with E-state index in [-0.39, 0.29) is 16.9 Å². The van der Waals surface area contributed by atoms with E-state index in [9.17, 15) is 10.2 Å². The van der Waals surface area contributed by atoms with Crippen molar-refractivity contribution >= 4 is 0 Å². The van der Waals surface area contributed by atoms with Crippen molar-refractivity contribution in [3.05, 3.63) is 59.7 Å². The molecule has 2 aromatic rings. The van der Waals surface area contributed by atoms with E-state index in [0.717, 1.165) is 11.1 Å². The molecule has 2 N–H and O–H groups in total. The molecule has 4 heteroatoms. The molecule has 0 aliphatic carbocycles. The molecular formula is C18H20O4. The molecule has 22 heavy (non-hydrogen) atoms. The van der Waals surface area contributed by atoms with Crippen LogP contribution < -0.4 is 0 Å². The lowest BCUT2D eigenvalue weighted by atomic mass is 9.90. The van der Waals surface area contributed by atoms with Crippen LogP contribution in [0, 0.1) is 5.41 Å². The Bertz CT molecular complexity index is 586. The van der Waals surface area contributed by atoms with Gasteiger partial charge in [-0.15, -0.1) is 0 Å². The van der Waals surface area contributed by atoms with Gasteiger partial charge < -0.3 is 19.7 Å². The number of phenolic OH excluding ortho intramolecular Hbond substituents is 2. The minimum absolute atomic E-state index is 0.0582. The zero-order valence-electron chi connectivity index (χ0n) is 12.7. The summed E-state index contributed by atoms with van der Waals surface area (Å²) >= 11 is 0. The number of hydrogen-bond donors (Lipinski definition) is 2. The highest BCUT2D eigenvalue weighted by Crippen LogP contribution is 2.42. The van der Waals surface area contributed by atoms with Crippen LogP contribution in [0.4, 0.5) is 0 Å². The fourth-order valence-corrected chi connectivity index (χ4v) is 2.54. The molecule has 2 aromatic carbocycles. The Kier molecular flexibility index (Phi) is 3.59. The number of hydrogen-bond acceptors (Lipinski definition) is 4. The Morgan fingerprint density at radius 1 is 0.727 bits per heavy atom. The van der Waals surface area contributed by atoms with Crippen molar-refractivity contribution < 1.29 is 19.7 Å². The van der Waals surface area contributed by atoms with Gasteiger partial charge in [-0.1, -0.05) is 13.8 Å². The van der Waals surface area contributed by atoms with Gasteiger partial charge in [0, 0.05) is 16.5 Å². The highest BCUT2D eigenvalue weighted by molar-refractivity contribution is 5.39. The fourth-order valence-electron chi connectivity index (χ4n) is 2.54. The van der Waals surface area contributed by atoms with Gasteiger partial charge in [-0.2, -0.15) is 0 Å². The summed E-state index contributed by atoms with van der Waals surface area (Å²) in [4.78, 5) is 0. The van der Waals surface area contributed by atoms with E-state index in [1.54, 1.807) is 48.5 Å². The maximum atomic E-state index is 9.51. The molecule has 0 saturated carbocycles. The van der Waals surface area contributed by atoms with Crippen LogP contribution in [0.1, 0.15) is 25.0 Å². The molecule has 0 atom stereocenters. The maximum absolute atomic E-state index is 9.51. The highest BCUT2D eigenvalue weighted by Gasteiger charge is 2.43. The van der Waals surface area contributed by atoms with Gasteiger partial charge in [-0.05, 0) is 48.5 Å². The number of ether oxygens (including phenoxy) is 2. The smallest absolute Gasteiger partial charge is 0.222 e. The van der Waals surface area contributed by atoms with Crippen molar-refractivity contribution in [1.29, 1.82) is 0 Å². The molecule has 3 rings (SSSR count). The second kappa shape index (κ2) is 5.30. The molecule has 0 bridgehead atoms. The second-order valence-electron chi connectivity index (χ2n) is 6.45. The number of phenols is 2. The number of benzene rings is 2. The molecule has 0 amide bonds. The van der Waals surface area contributed by atoms with E-state index < -0.39 is 5.79 Å². The first-order chi connectivity index (χ1) is 10.4. The average Bonchev–Trinajstić information content (AvgIpc) is 2.50. The molecule has 1 aliphatic rings. The summed E-state index contributed by atoms with van der Waals surface area (Å²) in [5.74, 6) is -0.627. The fraction of sp³-hybridized carbons (Fsp3) is 0.333. The van der Waals surface area contributed by atoms with Gasteiger partial charge in [0.15, 0.2) is 0 Å². The van der Waals surface area contributed by atoms with E-state index in [1.807, 2.05) is 0 Å². The predicted molar refractivity (Wildman–Crippen MR) is 82.7 cm³/mol. The maximum Gasteiger partial charge on any atom is 0.222 e. The van der Waals surface area contributed by atoms with Crippen molar-refractivity contribution in [3.63, 3.8) is 0 Å². The van der Waals surface area contributed by atoms with Crippen molar-refractivity contribution in [2.75, 3.05) is 13.2 Å². The monoisotopic (exact) mass is 300 g/mol. The molecule has 1 heterocycles. The summed E-state index contributed by atoms with van der Waals surface area (Å²) in [6, 6.07) is 13.6. The number of rotatable bonds is 2. The first-order valence-corrected chi connectivity index (χ1v) is 7.28. The molecule has 116 valence electrons. The van der Waals surface area contributed by atoms with Gasteiger partial charge >= 0.3 is 0 Å². The molecule has 1 aliphatic heterocycles. The normalized spacial score (nSPS) is 19.7. The lowest BCUT2D eigenvalue weighted by molar-refractivity contribution is -0.284. The van der Waals surface area contributed by atoms with Crippen LogP contribution in [0.5, 0.6) is 11.5 Å². The molecule has 0 unspecified atom stereocenters. The highest BCUT2D eigenvalue weighted by atomic mass is 16.7. The van der Waals surface area contributed by atoms with Crippen LogP contribution in [0.3, 0.4) is 0 Å². The van der Waals surface area contributed by atoms with E-state index in [4.69, 9.17) is 9.47 Å². The number of aromatic hydroxyl groups is 2. The Morgan fingerprint density at radius 2 is 1.09 bits per heavy atom. The minimum Gasteiger partial charge on any atom is -0.508 e. The first-order valence-electron chi connectivity index (χ1n) is 7.28. The lowest BCUT2D eigenvalue weighted by Gasteiger charge is -2.44. The summed E-state index contributed by atoms with van der Waals surface area (Å²) < 4.78 is 12.3. The largest absolute Gasteiger partial charge is 0.508 e. The third-order valence-electron chi connectivity index (χ3n) is 3.83. The molecule has 0 spiro atoms. The lowest BCUT2D eigenvalue weighted by Crippen LogP contribution is -2.46. The Balaban J connectivity index is 2.06. The molecule has 0 aromatic heterocycles. The van der Waals surface area contributed by atoms with Crippen molar-refractivity contribution in [3.8, 4) is 11.5 Å². The van der Waals surface area contributed by atoms with Gasteiger partial charge in [0.25, 0.3) is 0 Å². The van der Waals surface area contributed by atoms with Crippen LogP contribution in [0.2, 0.25) is 0 Å². The standard InChI is InChI=1S/C18H20O4/c1-17(2)11-21-18(22-12-17,13-3-7-15(19)8-4-13)14-5-9-16(20)10-6-14/h3-10,19-20H,11-12H2,1-2H3. The summed E-state index contributed by atoms with van der Waals surface area (Å²) in [5, 5.41) is 19.0. The van der Waals surface area contributed by atoms with Crippen LogP contribution >= 0.6 is 0 Å². The SMILES string of the molecule is CC1(C)COC(c2ccc(O)cc2)(c2ccc(O)cc2)OC1. The van der Waals surface area contributed by atoms with Crippen LogP contribution in [-0.2, 0) is 15.3 Å². The Hall–Kier alpha value is -2.04. The van der Waals surface area contributed by atoms with Crippen LogP contribution in [0.25, 0.3) is 0 Å². The molecule has 4 nitrogen and oxygen atoms in total. The first kappa shape index (κ1) is 14.9. The van der Waals surface area contributed by atoms with Gasteiger partial charge in [-0.25, -0.2) is 0 Å². The van der Waals surface area contributed by atoms with Gasteiger partial charge in [0.2, 0.25) is 5.79 Å². The summed E-state index contributed by atoms with van der Waals surface area (Å²) in [6.45, 7) is 5.28. The van der Waals surface area contributed by atoms with E-state index >= 15 is 0 Å². The van der Waals surface area contributed by atoms with Crippen LogP contribution in [0.15, 0.2) is 48.5 Å². The van der Waals surface area contributed by atoms with Crippen LogP contribution in [-0.4, -0.2) is 23.4 Å². The zero-order valence-corrected chi connectivity index (χ0v) is 12.7. The second-order valence-corrected chi connectivity index (χ2v) is 6.45. The minimum atomic E-state index is -1.02. The van der Waals surface area contributed by atoms with Crippen molar-refractivity contribution in [1.82, 2.24) is 0 Å². The quantitative estimate of drug-likeness (QED) is 0.892. The Labute approximate surface area is 129 Å². The zero-order chi connectivity index (χ0) is 15.8. The van der Waals surface area contributed by atoms with Gasteiger partial charge in [0.05, 0.1) is 13.2 Å². The van der Waals surface area contributed by atoms with Gasteiger partial charge in [0.1, 0.15) is 11.5 Å². The van der Waals surface area contributed by atoms with Gasteiger partial charge in [-0.3, -0.25) is 0 Å². The summed E-state index contributed by atoms with van der Waals surface area (Å²) in [7, 11) is 0. The summed E-state index contributed by atoms with van der Waals surface area (Å²) in [6.07, 6.45) is 0. The third-order valence-corrected chi connectivity index (χ3v) is 3.83. The molecule has 1 saturated heterocycles. The summed E-state index contributed by atoms with van der Waals surface area (Å²) in [5.41, 5.74) is 1.56. The third kappa shape index (κ3) is 2.67. The van der Waals surface area contributed by atoms with E-state index in [2.05, 4.69) is 13.8 Å². The predicted octanol–water partition coefficient (Wildman–Crippen LogP) is 3.37. The molecule has 0 radical (unpaired) electrons. The van der Waals surface area contributed by atoms with Crippen molar-refractivity contribution in [2.24, 2.45) is 5.41 Å².